The first-order valence-electron chi connectivity index (χ1n) is 7.96. The average molecular weight is 255 g/mol. The van der Waals surface area contributed by atoms with Crippen molar-refractivity contribution in [2.45, 2.75) is 77.0 Å². The molecule has 0 bridgehead atoms. The standard InChI is InChI=1S/C16H34N2/c1-16(18-2)14-12-10-8-6-4-3-5-7-9-11-13-15-17/h18H,1,3-15,17H2,2H3/p+1. The lowest BCUT2D eigenvalue weighted by Gasteiger charge is -2.04. The smallest absolute Gasteiger partial charge is 0.0739 e. The summed E-state index contributed by atoms with van der Waals surface area (Å²) in [4.78, 5) is 0. The van der Waals surface area contributed by atoms with Gasteiger partial charge in [-0.05, 0) is 25.7 Å². The lowest BCUT2D eigenvalue weighted by Crippen LogP contribution is -2.50. The molecule has 0 fully saturated rings. The molecule has 0 aliphatic carbocycles. The molecule has 18 heavy (non-hydrogen) atoms. The van der Waals surface area contributed by atoms with Gasteiger partial charge >= 0.3 is 0 Å². The van der Waals surface area contributed by atoms with Gasteiger partial charge in [-0.3, -0.25) is 0 Å². The van der Waals surface area contributed by atoms with E-state index < -0.39 is 0 Å². The highest BCUT2D eigenvalue weighted by molar-refractivity contribution is 4.88. The van der Waals surface area contributed by atoms with E-state index >= 15 is 0 Å². The Bertz CT molecular complexity index is 178. The Kier molecular flexibility index (Phi) is 14.2. The first-order valence-corrected chi connectivity index (χ1v) is 7.96. The van der Waals surface area contributed by atoms with Crippen LogP contribution in [0.1, 0.15) is 77.0 Å². The van der Waals surface area contributed by atoms with Crippen LogP contribution in [0.25, 0.3) is 0 Å². The van der Waals surface area contributed by atoms with E-state index in [0.717, 1.165) is 13.0 Å². The molecule has 0 aliphatic rings. The number of rotatable bonds is 14. The summed E-state index contributed by atoms with van der Waals surface area (Å²) >= 11 is 0. The van der Waals surface area contributed by atoms with E-state index in [0.29, 0.717) is 0 Å². The summed E-state index contributed by atoms with van der Waals surface area (Å²) in [5.74, 6) is 0. The Morgan fingerprint density at radius 1 is 0.778 bits per heavy atom. The van der Waals surface area contributed by atoms with Crippen molar-refractivity contribution in [1.29, 1.82) is 0 Å². The second-order valence-corrected chi connectivity index (χ2v) is 5.35. The molecular formula is C16H35N2+. The molecule has 0 aliphatic heterocycles. The second-order valence-electron chi connectivity index (χ2n) is 5.35. The fraction of sp³-hybridized carbons (Fsp3) is 0.875. The van der Waals surface area contributed by atoms with Crippen molar-refractivity contribution in [1.82, 2.24) is 5.32 Å². The second kappa shape index (κ2) is 14.6. The van der Waals surface area contributed by atoms with Gasteiger partial charge in [0, 0.05) is 12.7 Å². The van der Waals surface area contributed by atoms with E-state index in [2.05, 4.69) is 17.6 Å². The Labute approximate surface area is 114 Å². The molecule has 0 spiro atoms. The number of nitrogens with one attached hydrogen (secondary N) is 1. The molecule has 0 saturated heterocycles. The van der Waals surface area contributed by atoms with Crippen LogP contribution in [0.5, 0.6) is 0 Å². The predicted octanol–water partition coefficient (Wildman–Crippen LogP) is 3.64. The summed E-state index contributed by atoms with van der Waals surface area (Å²) in [5.41, 5.74) is 5.05. The van der Waals surface area contributed by atoms with Crippen molar-refractivity contribution < 1.29 is 5.73 Å². The van der Waals surface area contributed by atoms with E-state index in [4.69, 9.17) is 0 Å². The summed E-state index contributed by atoms with van der Waals surface area (Å²) in [6, 6.07) is 0. The quantitative estimate of drug-likeness (QED) is 0.457. The molecule has 0 aromatic rings. The Balaban J connectivity index is 2.97. The van der Waals surface area contributed by atoms with Gasteiger partial charge in [-0.15, -0.1) is 0 Å². The third-order valence-electron chi connectivity index (χ3n) is 3.58. The molecule has 0 unspecified atom stereocenters. The molecule has 2 heteroatoms. The van der Waals surface area contributed by atoms with Crippen LogP contribution in [0.15, 0.2) is 12.3 Å². The highest BCUT2D eigenvalue weighted by Crippen LogP contribution is 2.12. The summed E-state index contributed by atoms with van der Waals surface area (Å²) in [6.07, 6.45) is 16.5. The minimum Gasteiger partial charge on any atom is -0.392 e. The zero-order chi connectivity index (χ0) is 13.5. The van der Waals surface area contributed by atoms with E-state index in [1.165, 1.54) is 76.3 Å². The summed E-state index contributed by atoms with van der Waals surface area (Å²) in [6.45, 7) is 5.06. The molecule has 0 atom stereocenters. The topological polar surface area (TPSA) is 39.7 Å². The molecule has 0 heterocycles. The van der Waals surface area contributed by atoms with Gasteiger partial charge in [-0.1, -0.05) is 57.9 Å². The van der Waals surface area contributed by atoms with Crippen LogP contribution in [-0.2, 0) is 0 Å². The predicted molar refractivity (Wildman–Crippen MR) is 81.4 cm³/mol. The Morgan fingerprint density at radius 3 is 1.56 bits per heavy atom. The lowest BCUT2D eigenvalue weighted by molar-refractivity contribution is -0.368. The van der Waals surface area contributed by atoms with Gasteiger partial charge in [-0.2, -0.15) is 0 Å². The van der Waals surface area contributed by atoms with Crippen molar-refractivity contribution in [2.75, 3.05) is 13.6 Å². The van der Waals surface area contributed by atoms with Gasteiger partial charge in [0.2, 0.25) is 0 Å². The van der Waals surface area contributed by atoms with Gasteiger partial charge < -0.3 is 11.1 Å². The maximum Gasteiger partial charge on any atom is 0.0739 e. The molecule has 4 N–H and O–H groups in total. The zero-order valence-corrected chi connectivity index (χ0v) is 12.6. The minimum atomic E-state index is 1.11. The molecule has 2 nitrogen and oxygen atoms in total. The van der Waals surface area contributed by atoms with Crippen LogP contribution in [0.4, 0.5) is 0 Å². The van der Waals surface area contributed by atoms with E-state index in [-0.39, 0.29) is 0 Å². The maximum atomic E-state index is 3.95. The van der Waals surface area contributed by atoms with Crippen LogP contribution in [0.3, 0.4) is 0 Å². The number of quaternary nitrogens is 1. The number of hydrogen-bond donors (Lipinski definition) is 2. The fourth-order valence-electron chi connectivity index (χ4n) is 2.23. The SMILES string of the molecule is C=C(CCCCCCCCCCCCC[NH3+])NC. The van der Waals surface area contributed by atoms with E-state index in [9.17, 15) is 0 Å². The lowest BCUT2D eigenvalue weighted by atomic mass is 10.0. The molecule has 0 amide bonds. The Morgan fingerprint density at radius 2 is 1.17 bits per heavy atom. The monoisotopic (exact) mass is 255 g/mol. The van der Waals surface area contributed by atoms with Gasteiger partial charge in [-0.25, -0.2) is 0 Å². The van der Waals surface area contributed by atoms with Gasteiger partial charge in [0.25, 0.3) is 0 Å². The number of hydrogen-bond acceptors (Lipinski definition) is 1. The largest absolute Gasteiger partial charge is 0.392 e. The normalized spacial score (nSPS) is 10.6. The van der Waals surface area contributed by atoms with Crippen molar-refractivity contribution >= 4 is 0 Å². The summed E-state index contributed by atoms with van der Waals surface area (Å²) in [7, 11) is 1.96. The van der Waals surface area contributed by atoms with E-state index in [1.54, 1.807) is 0 Å². The molecule has 0 radical (unpaired) electrons. The zero-order valence-electron chi connectivity index (χ0n) is 12.6. The van der Waals surface area contributed by atoms with Crippen LogP contribution in [0.2, 0.25) is 0 Å². The van der Waals surface area contributed by atoms with Crippen molar-refractivity contribution in [2.24, 2.45) is 0 Å². The van der Waals surface area contributed by atoms with Gasteiger partial charge in [0.05, 0.1) is 6.54 Å². The summed E-state index contributed by atoms with van der Waals surface area (Å²) < 4.78 is 0. The van der Waals surface area contributed by atoms with Crippen molar-refractivity contribution in [3.8, 4) is 0 Å². The number of allylic oxidation sites excluding steroid dienone is 1. The first-order chi connectivity index (χ1) is 8.81. The summed E-state index contributed by atoms with van der Waals surface area (Å²) in [5, 5.41) is 3.11. The number of unbranched alkanes of at least 4 members (excludes halogenated alkanes) is 10. The molecule has 108 valence electrons. The fourth-order valence-corrected chi connectivity index (χ4v) is 2.23. The van der Waals surface area contributed by atoms with E-state index in [1.807, 2.05) is 7.05 Å². The van der Waals surface area contributed by atoms with Crippen LogP contribution < -0.4 is 11.1 Å². The molecule has 0 saturated carbocycles. The molecular weight excluding hydrogens is 220 g/mol. The highest BCUT2D eigenvalue weighted by Gasteiger charge is 1.94. The van der Waals surface area contributed by atoms with Crippen LogP contribution >= 0.6 is 0 Å². The molecule has 0 aromatic carbocycles. The average Bonchev–Trinajstić information content (AvgIpc) is 2.39. The van der Waals surface area contributed by atoms with Gasteiger partial charge in [0.1, 0.15) is 0 Å². The van der Waals surface area contributed by atoms with Crippen molar-refractivity contribution in [3.05, 3.63) is 12.3 Å². The third kappa shape index (κ3) is 13.6. The van der Waals surface area contributed by atoms with Crippen LogP contribution in [0, 0.1) is 0 Å². The maximum absolute atomic E-state index is 3.95. The van der Waals surface area contributed by atoms with Crippen LogP contribution in [-0.4, -0.2) is 13.6 Å². The highest BCUT2D eigenvalue weighted by atomic mass is 14.8. The molecule has 0 aromatic heterocycles. The third-order valence-corrected chi connectivity index (χ3v) is 3.58. The van der Waals surface area contributed by atoms with Gasteiger partial charge in [0.15, 0.2) is 0 Å². The Hall–Kier alpha value is -0.500. The molecule has 0 rings (SSSR count). The minimum absolute atomic E-state index is 1.11. The van der Waals surface area contributed by atoms with Crippen molar-refractivity contribution in [3.63, 3.8) is 0 Å². The first kappa shape index (κ1) is 17.5.